The third kappa shape index (κ3) is 6.04. The summed E-state index contributed by atoms with van der Waals surface area (Å²) in [4.78, 5) is 4.70. The average Bonchev–Trinajstić information content (AvgIpc) is 3.54. The fourth-order valence-electron chi connectivity index (χ4n) is 7.32. The molecular formula is C43H42N4OPt. The van der Waals surface area contributed by atoms with Gasteiger partial charge in [0.15, 0.2) is 0 Å². The largest absolute Gasteiger partial charge is 2.00 e. The van der Waals surface area contributed by atoms with Gasteiger partial charge in [-0.05, 0) is 109 Å². The molecule has 0 unspecified atom stereocenters. The first-order chi connectivity index (χ1) is 23.0. The SMILES string of the molecule is Cc1ccnc(-n2c3[c-]c(Oc4[c-]c(-n5nc(C)c(-c6c(C)c(C(C)C)cc(C(C)C)c6C)c5C)ccc4)ccc3c3ccccc32)c1.[Pt+2]. The molecule has 0 fully saturated rings. The Morgan fingerprint density at radius 1 is 0.694 bits per heavy atom. The van der Waals surface area contributed by atoms with Crippen molar-refractivity contribution in [2.45, 2.75) is 74.1 Å². The minimum absolute atomic E-state index is 0. The van der Waals surface area contributed by atoms with Gasteiger partial charge in [0.25, 0.3) is 0 Å². The molecule has 5 nitrogen and oxygen atoms in total. The van der Waals surface area contributed by atoms with E-state index in [0.717, 1.165) is 50.3 Å². The normalized spacial score (nSPS) is 11.6. The summed E-state index contributed by atoms with van der Waals surface area (Å²) in [7, 11) is 0. The zero-order valence-electron chi connectivity index (χ0n) is 29.7. The van der Waals surface area contributed by atoms with Gasteiger partial charge in [0.05, 0.1) is 5.69 Å². The van der Waals surface area contributed by atoms with Crippen molar-refractivity contribution in [2.24, 2.45) is 0 Å². The molecule has 0 saturated carbocycles. The van der Waals surface area contributed by atoms with Crippen LogP contribution in [-0.2, 0) is 21.1 Å². The predicted octanol–water partition coefficient (Wildman–Crippen LogP) is 11.2. The van der Waals surface area contributed by atoms with Gasteiger partial charge in [0.2, 0.25) is 0 Å². The van der Waals surface area contributed by atoms with E-state index in [0.29, 0.717) is 23.3 Å². The number of nitrogens with zero attached hydrogens (tertiary/aromatic N) is 4. The summed E-state index contributed by atoms with van der Waals surface area (Å²) in [5.74, 6) is 2.94. The molecule has 0 aliphatic rings. The number of rotatable bonds is 7. The van der Waals surface area contributed by atoms with E-state index in [1.54, 1.807) is 0 Å². The summed E-state index contributed by atoms with van der Waals surface area (Å²) in [6.07, 6.45) is 1.85. The van der Waals surface area contributed by atoms with Crippen molar-refractivity contribution in [2.75, 3.05) is 0 Å². The number of hydrogen-bond acceptors (Lipinski definition) is 3. The molecule has 0 spiro atoms. The zero-order valence-corrected chi connectivity index (χ0v) is 31.9. The minimum Gasteiger partial charge on any atom is -0.509 e. The van der Waals surface area contributed by atoms with Gasteiger partial charge < -0.3 is 9.30 Å². The van der Waals surface area contributed by atoms with Crippen LogP contribution in [0.25, 0.3) is 44.4 Å². The molecule has 0 aliphatic carbocycles. The Kier molecular flexibility index (Phi) is 9.44. The van der Waals surface area contributed by atoms with Gasteiger partial charge in [-0.2, -0.15) is 17.2 Å². The first-order valence-corrected chi connectivity index (χ1v) is 16.8. The fourth-order valence-corrected chi connectivity index (χ4v) is 7.32. The Morgan fingerprint density at radius 2 is 1.39 bits per heavy atom. The summed E-state index contributed by atoms with van der Waals surface area (Å²) in [6.45, 7) is 20.0. The van der Waals surface area contributed by atoms with Crippen LogP contribution in [0.2, 0.25) is 0 Å². The van der Waals surface area contributed by atoms with Crippen molar-refractivity contribution in [1.29, 1.82) is 0 Å². The Bertz CT molecular complexity index is 2310. The van der Waals surface area contributed by atoms with Gasteiger partial charge in [-0.15, -0.1) is 35.7 Å². The third-order valence-corrected chi connectivity index (χ3v) is 9.60. The number of pyridine rings is 1. The third-order valence-electron chi connectivity index (χ3n) is 9.60. The van der Waals surface area contributed by atoms with E-state index in [4.69, 9.17) is 14.8 Å². The van der Waals surface area contributed by atoms with Crippen LogP contribution in [0.1, 0.15) is 78.7 Å². The topological polar surface area (TPSA) is 44.9 Å². The van der Waals surface area contributed by atoms with Crippen molar-refractivity contribution < 1.29 is 25.8 Å². The van der Waals surface area contributed by atoms with E-state index in [9.17, 15) is 0 Å². The van der Waals surface area contributed by atoms with Crippen LogP contribution in [0, 0.1) is 46.8 Å². The van der Waals surface area contributed by atoms with Crippen LogP contribution < -0.4 is 4.74 Å². The van der Waals surface area contributed by atoms with Crippen molar-refractivity contribution in [1.82, 2.24) is 19.3 Å². The second-order valence-corrected chi connectivity index (χ2v) is 13.6. The Morgan fingerprint density at radius 3 is 2.08 bits per heavy atom. The van der Waals surface area contributed by atoms with Gasteiger partial charge in [-0.1, -0.05) is 57.5 Å². The van der Waals surface area contributed by atoms with E-state index in [1.165, 1.54) is 33.4 Å². The molecule has 3 aromatic heterocycles. The van der Waals surface area contributed by atoms with Crippen LogP contribution >= 0.6 is 0 Å². The molecule has 0 saturated heterocycles. The van der Waals surface area contributed by atoms with E-state index in [1.807, 2.05) is 41.2 Å². The Balaban J connectivity index is 0.00000417. The number of ether oxygens (including phenoxy) is 1. The molecule has 6 heteroatoms. The fraction of sp³-hybridized carbons (Fsp3) is 0.256. The van der Waals surface area contributed by atoms with E-state index in [-0.39, 0.29) is 21.1 Å². The second kappa shape index (κ2) is 13.4. The van der Waals surface area contributed by atoms with Crippen LogP contribution in [0.3, 0.4) is 0 Å². The van der Waals surface area contributed by atoms with Crippen LogP contribution in [0.4, 0.5) is 0 Å². The van der Waals surface area contributed by atoms with Crippen molar-refractivity contribution >= 4 is 21.8 Å². The Hall–Kier alpha value is -4.47. The minimum atomic E-state index is 0. The van der Waals surface area contributed by atoms with Gasteiger partial charge in [-0.3, -0.25) is 4.68 Å². The standard InChI is InChI=1S/C43H42N4O.Pt/c1-25(2)37-24-38(26(3)4)29(7)42(28(37)6)43-30(8)45-47(31(43)9)32-13-12-14-33(22-32)48-34-17-18-36-35-15-10-11-16-39(35)46(40(36)23-34)41-21-27(5)19-20-44-41;/h10-21,24-26H,1-9H3;/q-2;+2. The average molecular weight is 826 g/mol. The smallest absolute Gasteiger partial charge is 0.509 e. The van der Waals surface area contributed by atoms with E-state index >= 15 is 0 Å². The number of aryl methyl sites for hydroxylation is 2. The van der Waals surface area contributed by atoms with Gasteiger partial charge in [0.1, 0.15) is 5.82 Å². The molecule has 49 heavy (non-hydrogen) atoms. The molecular weight excluding hydrogens is 784 g/mol. The quantitative estimate of drug-likeness (QED) is 0.150. The molecule has 3 heterocycles. The van der Waals surface area contributed by atoms with E-state index in [2.05, 4.69) is 121 Å². The molecule has 4 aromatic carbocycles. The number of hydrogen-bond donors (Lipinski definition) is 0. The van der Waals surface area contributed by atoms with Gasteiger partial charge in [-0.25, -0.2) is 4.98 Å². The maximum absolute atomic E-state index is 6.46. The van der Waals surface area contributed by atoms with Crippen LogP contribution in [-0.4, -0.2) is 19.3 Å². The summed E-state index contributed by atoms with van der Waals surface area (Å²) in [5, 5.41) is 7.31. The summed E-state index contributed by atoms with van der Waals surface area (Å²) in [6, 6.07) is 32.0. The Labute approximate surface area is 304 Å². The van der Waals surface area contributed by atoms with Crippen LogP contribution in [0.5, 0.6) is 11.5 Å². The molecule has 0 bridgehead atoms. The number of fused-ring (bicyclic) bond motifs is 3. The van der Waals surface area contributed by atoms with Crippen molar-refractivity contribution in [3.8, 4) is 34.1 Å². The molecule has 0 aliphatic heterocycles. The van der Waals surface area contributed by atoms with Crippen LogP contribution in [0.15, 0.2) is 79.0 Å². The van der Waals surface area contributed by atoms with Gasteiger partial charge in [0, 0.05) is 34.5 Å². The van der Waals surface area contributed by atoms with Crippen molar-refractivity contribution in [3.05, 3.63) is 130 Å². The maximum atomic E-state index is 6.46. The molecule has 7 rings (SSSR count). The second-order valence-electron chi connectivity index (χ2n) is 13.6. The first kappa shape index (κ1) is 34.4. The molecule has 250 valence electrons. The molecule has 0 amide bonds. The summed E-state index contributed by atoms with van der Waals surface area (Å²) >= 11 is 0. The number of benzene rings is 4. The predicted molar refractivity (Wildman–Crippen MR) is 197 cm³/mol. The van der Waals surface area contributed by atoms with E-state index < -0.39 is 0 Å². The number of aromatic nitrogens is 4. The van der Waals surface area contributed by atoms with Crippen molar-refractivity contribution in [3.63, 3.8) is 0 Å². The summed E-state index contributed by atoms with van der Waals surface area (Å²) in [5.41, 5.74) is 14.1. The molecule has 0 N–H and O–H groups in total. The monoisotopic (exact) mass is 825 g/mol. The number of para-hydroxylation sites is 1. The first-order valence-electron chi connectivity index (χ1n) is 16.8. The molecule has 7 aromatic rings. The maximum Gasteiger partial charge on any atom is 2.00 e. The van der Waals surface area contributed by atoms with Gasteiger partial charge >= 0.3 is 21.1 Å². The zero-order chi connectivity index (χ0) is 33.9. The molecule has 0 atom stereocenters. The molecule has 0 radical (unpaired) electrons. The summed E-state index contributed by atoms with van der Waals surface area (Å²) < 4.78 is 10.6.